The van der Waals surface area contributed by atoms with Gasteiger partial charge in [-0.25, -0.2) is 4.79 Å². The number of ether oxygens (including phenoxy) is 1. The molecule has 0 fully saturated rings. The monoisotopic (exact) mass is 156 g/mol. The lowest BCUT2D eigenvalue weighted by Gasteiger charge is -2.11. The average Bonchev–Trinajstić information content (AvgIpc) is 2.00. The molecule has 0 saturated carbocycles. The third-order valence-electron chi connectivity index (χ3n) is 0.938. The van der Waals surface area contributed by atoms with Crippen molar-refractivity contribution in [2.75, 3.05) is 20.2 Å². The predicted molar refractivity (Wildman–Crippen MR) is 39.9 cm³/mol. The van der Waals surface area contributed by atoms with E-state index in [0.717, 1.165) is 4.90 Å². The van der Waals surface area contributed by atoms with Crippen LogP contribution in [0.2, 0.25) is 0 Å². The summed E-state index contributed by atoms with van der Waals surface area (Å²) in [6, 6.07) is 0. The molecule has 1 radical (unpaired) electrons. The van der Waals surface area contributed by atoms with Crippen LogP contribution in [0.5, 0.6) is 0 Å². The van der Waals surface area contributed by atoms with E-state index in [0.29, 0.717) is 0 Å². The number of carbonyl (C=O) groups is 1. The quantitative estimate of drug-likeness (QED) is 0.552. The highest BCUT2D eigenvalue weighted by molar-refractivity contribution is 5.71. The third kappa shape index (κ3) is 4.13. The first-order chi connectivity index (χ1) is 5.22. The van der Waals surface area contributed by atoms with E-state index in [4.69, 9.17) is 0 Å². The summed E-state index contributed by atoms with van der Waals surface area (Å²) in [5.41, 5.74) is 0. The van der Waals surface area contributed by atoms with Crippen LogP contribution in [0.3, 0.4) is 0 Å². The molecule has 1 amide bonds. The molecule has 0 aromatic heterocycles. The van der Waals surface area contributed by atoms with Crippen molar-refractivity contribution in [3.63, 3.8) is 0 Å². The minimum Gasteiger partial charge on any atom is -0.445 e. The molecule has 0 bridgehead atoms. The molecule has 0 aliphatic carbocycles. The Labute approximate surface area is 65.4 Å². The summed E-state index contributed by atoms with van der Waals surface area (Å²) in [6.07, 6.45) is 2.48. The zero-order valence-electron chi connectivity index (χ0n) is 6.37. The van der Waals surface area contributed by atoms with Gasteiger partial charge in [0.05, 0.1) is 6.54 Å². The molecule has 0 aliphatic heterocycles. The molecule has 0 N–H and O–H groups in total. The Kier molecular flexibility index (Phi) is 4.81. The Bertz CT molecular complexity index is 156. The topological polar surface area (TPSA) is 46.6 Å². The first-order valence-corrected chi connectivity index (χ1v) is 3.06. The number of nitrogens with zero attached hydrogens (tertiary/aromatic N) is 1. The van der Waals surface area contributed by atoms with Crippen molar-refractivity contribution in [1.29, 1.82) is 0 Å². The van der Waals surface area contributed by atoms with E-state index in [1.807, 2.05) is 0 Å². The molecule has 61 valence electrons. The maximum atomic E-state index is 10.8. The smallest absolute Gasteiger partial charge is 0.410 e. The Morgan fingerprint density at radius 3 is 2.91 bits per heavy atom. The first kappa shape index (κ1) is 9.68. The fourth-order valence-electron chi connectivity index (χ4n) is 0.402. The van der Waals surface area contributed by atoms with Crippen LogP contribution < -0.4 is 0 Å². The lowest BCUT2D eigenvalue weighted by atomic mass is 10.6. The molecule has 4 heteroatoms. The highest BCUT2D eigenvalue weighted by Crippen LogP contribution is 1.87. The molecular weight excluding hydrogens is 146 g/mol. The summed E-state index contributed by atoms with van der Waals surface area (Å²) < 4.78 is 4.60. The maximum Gasteiger partial charge on any atom is 0.410 e. The van der Waals surface area contributed by atoms with E-state index in [-0.39, 0.29) is 13.2 Å². The largest absolute Gasteiger partial charge is 0.445 e. The minimum absolute atomic E-state index is 0.0734. The fourth-order valence-corrected chi connectivity index (χ4v) is 0.402. The van der Waals surface area contributed by atoms with Crippen molar-refractivity contribution in [2.24, 2.45) is 0 Å². The molecule has 0 spiro atoms. The van der Waals surface area contributed by atoms with Crippen molar-refractivity contribution in [3.05, 3.63) is 12.7 Å². The van der Waals surface area contributed by atoms with Gasteiger partial charge in [0.1, 0.15) is 6.61 Å². The summed E-state index contributed by atoms with van der Waals surface area (Å²) in [7, 11) is 1.45. The van der Waals surface area contributed by atoms with Crippen LogP contribution in [-0.2, 0) is 9.53 Å². The van der Waals surface area contributed by atoms with Crippen LogP contribution in [0.4, 0.5) is 4.79 Å². The molecule has 0 unspecified atom stereocenters. The molecule has 0 rings (SSSR count). The van der Waals surface area contributed by atoms with Crippen molar-refractivity contribution < 1.29 is 14.3 Å². The fraction of sp³-hybridized carbons (Fsp3) is 0.429. The van der Waals surface area contributed by atoms with E-state index in [1.54, 1.807) is 6.29 Å². The average molecular weight is 156 g/mol. The van der Waals surface area contributed by atoms with E-state index in [9.17, 15) is 9.59 Å². The van der Waals surface area contributed by atoms with Gasteiger partial charge >= 0.3 is 6.09 Å². The summed E-state index contributed by atoms with van der Waals surface area (Å²) in [5.74, 6) is 0. The van der Waals surface area contributed by atoms with E-state index in [2.05, 4.69) is 11.3 Å². The zero-order chi connectivity index (χ0) is 8.69. The standard InChI is InChI=1S/C7H10NO3/c1-3-6-11-7(10)8(2)4-5-9/h3H,1,4,6H2,2H3. The summed E-state index contributed by atoms with van der Waals surface area (Å²) in [4.78, 5) is 21.7. The van der Waals surface area contributed by atoms with Crippen molar-refractivity contribution >= 4 is 12.4 Å². The van der Waals surface area contributed by atoms with E-state index >= 15 is 0 Å². The van der Waals surface area contributed by atoms with Gasteiger partial charge in [-0.2, -0.15) is 0 Å². The Morgan fingerprint density at radius 1 is 1.82 bits per heavy atom. The molecule has 0 atom stereocenters. The van der Waals surface area contributed by atoms with Gasteiger partial charge in [0.25, 0.3) is 0 Å². The third-order valence-corrected chi connectivity index (χ3v) is 0.938. The SMILES string of the molecule is C=CCOC(=O)N(C)C[C]=O. The van der Waals surface area contributed by atoms with Crippen LogP contribution in [0, 0.1) is 0 Å². The predicted octanol–water partition coefficient (Wildman–Crippen LogP) is 0.351. The molecular formula is C7H10NO3. The normalized spacial score (nSPS) is 8.45. The van der Waals surface area contributed by atoms with Gasteiger partial charge in [-0.3, -0.25) is 4.79 Å². The molecule has 0 aromatic carbocycles. The van der Waals surface area contributed by atoms with Gasteiger partial charge in [0.15, 0.2) is 0 Å². The lowest BCUT2D eigenvalue weighted by molar-refractivity contribution is 0.126. The number of hydrogen-bond acceptors (Lipinski definition) is 3. The molecule has 0 aliphatic rings. The second-order valence-corrected chi connectivity index (χ2v) is 1.87. The van der Waals surface area contributed by atoms with Crippen molar-refractivity contribution in [2.45, 2.75) is 0 Å². The van der Waals surface area contributed by atoms with Gasteiger partial charge in [0, 0.05) is 7.05 Å². The van der Waals surface area contributed by atoms with Gasteiger partial charge in [-0.15, -0.1) is 0 Å². The zero-order valence-corrected chi connectivity index (χ0v) is 6.37. The molecule has 0 aromatic rings. The van der Waals surface area contributed by atoms with Crippen molar-refractivity contribution in [3.8, 4) is 0 Å². The highest BCUT2D eigenvalue weighted by Gasteiger charge is 2.07. The second kappa shape index (κ2) is 5.46. The lowest BCUT2D eigenvalue weighted by Crippen LogP contribution is -2.29. The summed E-state index contributed by atoms with van der Waals surface area (Å²) in [5, 5.41) is 0. The van der Waals surface area contributed by atoms with Crippen LogP contribution in [0.1, 0.15) is 0 Å². The highest BCUT2D eigenvalue weighted by atomic mass is 16.6. The Hall–Kier alpha value is -1.32. The number of amides is 1. The van der Waals surface area contributed by atoms with Crippen LogP contribution in [0.25, 0.3) is 0 Å². The minimum atomic E-state index is -0.548. The Balaban J connectivity index is 3.62. The molecule has 4 nitrogen and oxygen atoms in total. The number of hydrogen-bond donors (Lipinski definition) is 0. The molecule has 0 saturated heterocycles. The van der Waals surface area contributed by atoms with Gasteiger partial charge < -0.3 is 9.64 Å². The second-order valence-electron chi connectivity index (χ2n) is 1.87. The number of likely N-dealkylation sites (N-methyl/N-ethyl adjacent to an activating group) is 1. The first-order valence-electron chi connectivity index (χ1n) is 3.06. The van der Waals surface area contributed by atoms with Gasteiger partial charge in [0.2, 0.25) is 6.29 Å². The van der Waals surface area contributed by atoms with Crippen LogP contribution in [-0.4, -0.2) is 37.5 Å². The van der Waals surface area contributed by atoms with E-state index in [1.165, 1.54) is 13.1 Å². The maximum absolute atomic E-state index is 10.8. The summed E-state index contributed by atoms with van der Waals surface area (Å²) >= 11 is 0. The van der Waals surface area contributed by atoms with E-state index < -0.39 is 6.09 Å². The number of rotatable bonds is 4. The Morgan fingerprint density at radius 2 is 2.45 bits per heavy atom. The van der Waals surface area contributed by atoms with Gasteiger partial charge in [-0.05, 0) is 0 Å². The van der Waals surface area contributed by atoms with Crippen LogP contribution in [0.15, 0.2) is 12.7 Å². The molecule has 0 heterocycles. The number of carbonyl (C=O) groups excluding carboxylic acids is 2. The van der Waals surface area contributed by atoms with Gasteiger partial charge in [-0.1, -0.05) is 12.7 Å². The van der Waals surface area contributed by atoms with Crippen LogP contribution >= 0.6 is 0 Å². The summed E-state index contributed by atoms with van der Waals surface area (Å²) in [6.45, 7) is 3.45. The molecule has 11 heavy (non-hydrogen) atoms. The van der Waals surface area contributed by atoms with Crippen molar-refractivity contribution in [1.82, 2.24) is 4.90 Å².